The van der Waals surface area contributed by atoms with Gasteiger partial charge in [0.2, 0.25) is 4.96 Å². The number of benzene rings is 1. The molecule has 0 radical (unpaired) electrons. The molecule has 1 saturated carbocycles. The van der Waals surface area contributed by atoms with Gasteiger partial charge in [-0.25, -0.2) is 0 Å². The lowest BCUT2D eigenvalue weighted by Crippen LogP contribution is -1.93. The third-order valence-electron chi connectivity index (χ3n) is 3.20. The lowest BCUT2D eigenvalue weighted by Gasteiger charge is -2.01. The second kappa shape index (κ2) is 3.67. The van der Waals surface area contributed by atoms with Gasteiger partial charge in [-0.05, 0) is 25.0 Å². The summed E-state index contributed by atoms with van der Waals surface area (Å²) in [5.41, 5.74) is 0.511. The minimum atomic E-state index is -0.152. The Kier molecular flexibility index (Phi) is 2.08. The zero-order valence-electron chi connectivity index (χ0n) is 9.82. The smallest absolute Gasteiger partial charge is 0.234 e. The summed E-state index contributed by atoms with van der Waals surface area (Å²) in [4.78, 5) is 0.708. The van der Waals surface area contributed by atoms with Crippen LogP contribution >= 0.6 is 11.3 Å². The Labute approximate surface area is 112 Å². The zero-order chi connectivity index (χ0) is 13.0. The van der Waals surface area contributed by atoms with E-state index in [1.54, 1.807) is 16.6 Å². The molecule has 7 heteroatoms. The number of hydrogen-bond donors (Lipinski definition) is 2. The van der Waals surface area contributed by atoms with Gasteiger partial charge >= 0.3 is 0 Å². The second-order valence-electron chi connectivity index (χ2n) is 4.61. The van der Waals surface area contributed by atoms with E-state index in [-0.39, 0.29) is 11.5 Å². The maximum atomic E-state index is 9.88. The highest BCUT2D eigenvalue weighted by Crippen LogP contribution is 2.41. The number of hydrogen-bond acceptors (Lipinski definition) is 6. The first kappa shape index (κ1) is 10.7. The van der Waals surface area contributed by atoms with Crippen LogP contribution in [0.2, 0.25) is 0 Å². The highest BCUT2D eigenvalue weighted by molar-refractivity contribution is 7.19. The molecule has 0 unspecified atom stereocenters. The van der Waals surface area contributed by atoms with Crippen molar-refractivity contribution in [3.63, 3.8) is 0 Å². The highest BCUT2D eigenvalue weighted by Gasteiger charge is 2.30. The van der Waals surface area contributed by atoms with Crippen molar-refractivity contribution in [2.45, 2.75) is 18.8 Å². The van der Waals surface area contributed by atoms with Crippen molar-refractivity contribution in [3.05, 3.63) is 24.0 Å². The summed E-state index contributed by atoms with van der Waals surface area (Å²) >= 11 is 1.35. The molecule has 0 atom stereocenters. The summed E-state index contributed by atoms with van der Waals surface area (Å²) in [6, 6.07) is 4.83. The number of phenols is 2. The van der Waals surface area contributed by atoms with Gasteiger partial charge in [-0.2, -0.15) is 9.61 Å². The summed E-state index contributed by atoms with van der Waals surface area (Å²) in [6.45, 7) is 0. The van der Waals surface area contributed by atoms with Crippen LogP contribution in [0.1, 0.15) is 24.6 Å². The van der Waals surface area contributed by atoms with Crippen LogP contribution in [0, 0.1) is 0 Å². The number of aromatic hydroxyl groups is 2. The lowest BCUT2D eigenvalue weighted by atomic mass is 10.2. The van der Waals surface area contributed by atoms with Crippen molar-refractivity contribution in [1.82, 2.24) is 19.8 Å². The van der Waals surface area contributed by atoms with Gasteiger partial charge < -0.3 is 10.2 Å². The molecule has 19 heavy (non-hydrogen) atoms. The molecule has 6 nitrogen and oxygen atoms in total. The number of nitrogens with zero attached hydrogens (tertiary/aromatic N) is 4. The van der Waals surface area contributed by atoms with Crippen molar-refractivity contribution in [2.24, 2.45) is 0 Å². The molecule has 2 N–H and O–H groups in total. The van der Waals surface area contributed by atoms with E-state index in [4.69, 9.17) is 0 Å². The number of phenolic OH excluding ortho intramolecular Hbond substituents is 2. The van der Waals surface area contributed by atoms with Gasteiger partial charge in [0.05, 0.1) is 5.56 Å². The SMILES string of the molecule is Oc1cccc(-c2nn3c(C4CC4)nnc3s2)c1O. The average Bonchev–Trinajstić information content (AvgIpc) is 3.02. The Morgan fingerprint density at radius 2 is 2.05 bits per heavy atom. The van der Waals surface area contributed by atoms with Crippen molar-refractivity contribution < 1.29 is 10.2 Å². The van der Waals surface area contributed by atoms with Gasteiger partial charge in [0.25, 0.3) is 0 Å². The monoisotopic (exact) mass is 274 g/mol. The first-order valence-electron chi connectivity index (χ1n) is 5.97. The quantitative estimate of drug-likeness (QED) is 0.699. The zero-order valence-corrected chi connectivity index (χ0v) is 10.6. The van der Waals surface area contributed by atoms with Crippen LogP contribution in [0.25, 0.3) is 15.5 Å². The first-order chi connectivity index (χ1) is 9.24. The van der Waals surface area contributed by atoms with Gasteiger partial charge in [-0.3, -0.25) is 0 Å². The number of fused-ring (bicyclic) bond motifs is 1. The molecule has 0 spiro atoms. The Morgan fingerprint density at radius 3 is 2.84 bits per heavy atom. The molecule has 1 fully saturated rings. The van der Waals surface area contributed by atoms with E-state index in [1.165, 1.54) is 17.4 Å². The molecule has 3 aromatic rings. The number of para-hydroxylation sites is 1. The molecule has 0 saturated heterocycles. The molecular formula is C12H10N4O2S. The molecule has 2 aromatic heterocycles. The molecule has 1 aliphatic carbocycles. The van der Waals surface area contributed by atoms with E-state index in [0.717, 1.165) is 18.7 Å². The summed E-state index contributed by atoms with van der Waals surface area (Å²) in [7, 11) is 0. The van der Waals surface area contributed by atoms with E-state index >= 15 is 0 Å². The predicted octanol–water partition coefficient (Wildman–Crippen LogP) is 2.14. The standard InChI is InChI=1S/C12H10N4O2S/c17-8-3-1-2-7(9(8)18)11-15-16-10(6-4-5-6)13-14-12(16)19-11/h1-3,6,17-18H,4-5H2. The Balaban J connectivity index is 1.89. The number of rotatable bonds is 2. The van der Waals surface area contributed by atoms with E-state index in [2.05, 4.69) is 15.3 Å². The average molecular weight is 274 g/mol. The summed E-state index contributed by atoms with van der Waals surface area (Å²) in [5.74, 6) is 1.05. The van der Waals surface area contributed by atoms with Crippen LogP contribution in [-0.4, -0.2) is 30.0 Å². The second-order valence-corrected chi connectivity index (χ2v) is 5.56. The van der Waals surface area contributed by atoms with Gasteiger partial charge in [0.1, 0.15) is 0 Å². The lowest BCUT2D eigenvalue weighted by molar-refractivity contribution is 0.405. The van der Waals surface area contributed by atoms with Crippen LogP contribution in [-0.2, 0) is 0 Å². The third kappa shape index (κ3) is 1.58. The summed E-state index contributed by atoms with van der Waals surface area (Å²) < 4.78 is 1.74. The van der Waals surface area contributed by atoms with Crippen molar-refractivity contribution in [2.75, 3.05) is 0 Å². The highest BCUT2D eigenvalue weighted by atomic mass is 32.1. The third-order valence-corrected chi connectivity index (χ3v) is 4.13. The van der Waals surface area contributed by atoms with Gasteiger partial charge in [0.15, 0.2) is 22.3 Å². The van der Waals surface area contributed by atoms with E-state index < -0.39 is 0 Å². The Hall–Kier alpha value is -2.15. The molecule has 0 amide bonds. The van der Waals surface area contributed by atoms with Crippen LogP contribution in [0.3, 0.4) is 0 Å². The fourth-order valence-corrected chi connectivity index (χ4v) is 2.91. The van der Waals surface area contributed by atoms with E-state index in [1.807, 2.05) is 0 Å². The fraction of sp³-hybridized carbons (Fsp3) is 0.250. The van der Waals surface area contributed by atoms with Crippen LogP contribution < -0.4 is 0 Å². The van der Waals surface area contributed by atoms with Gasteiger partial charge in [-0.15, -0.1) is 10.2 Å². The maximum Gasteiger partial charge on any atom is 0.234 e. The topological polar surface area (TPSA) is 83.5 Å². The normalized spacial score (nSPS) is 15.2. The molecule has 96 valence electrons. The molecule has 1 aliphatic rings. The minimum Gasteiger partial charge on any atom is -0.504 e. The molecular weight excluding hydrogens is 264 g/mol. The molecule has 4 rings (SSSR count). The number of aromatic nitrogens is 4. The Bertz CT molecular complexity index is 775. The van der Waals surface area contributed by atoms with E-state index in [0.29, 0.717) is 21.4 Å². The largest absolute Gasteiger partial charge is 0.504 e. The van der Waals surface area contributed by atoms with Crippen molar-refractivity contribution in [1.29, 1.82) is 0 Å². The first-order valence-corrected chi connectivity index (χ1v) is 6.79. The predicted molar refractivity (Wildman–Crippen MR) is 69.4 cm³/mol. The van der Waals surface area contributed by atoms with Gasteiger partial charge in [0, 0.05) is 5.92 Å². The van der Waals surface area contributed by atoms with E-state index in [9.17, 15) is 10.2 Å². The fourth-order valence-electron chi connectivity index (χ4n) is 2.04. The maximum absolute atomic E-state index is 9.88. The molecule has 2 heterocycles. The van der Waals surface area contributed by atoms with Gasteiger partial charge in [-0.1, -0.05) is 17.4 Å². The molecule has 0 aliphatic heterocycles. The van der Waals surface area contributed by atoms with Crippen LogP contribution in [0.4, 0.5) is 0 Å². The molecule has 1 aromatic carbocycles. The van der Waals surface area contributed by atoms with Crippen molar-refractivity contribution in [3.8, 4) is 22.1 Å². The van der Waals surface area contributed by atoms with Crippen LogP contribution in [0.15, 0.2) is 18.2 Å². The summed E-state index contributed by atoms with van der Waals surface area (Å²) in [5, 5.41) is 32.7. The Morgan fingerprint density at radius 1 is 1.21 bits per heavy atom. The van der Waals surface area contributed by atoms with Crippen LogP contribution in [0.5, 0.6) is 11.5 Å². The van der Waals surface area contributed by atoms with Crippen molar-refractivity contribution >= 4 is 16.3 Å². The summed E-state index contributed by atoms with van der Waals surface area (Å²) in [6.07, 6.45) is 2.26. The minimum absolute atomic E-state index is 0.147. The molecule has 0 bridgehead atoms.